The maximum Gasteiger partial charge on any atom is 0.118 e. The predicted octanol–water partition coefficient (Wildman–Crippen LogP) is 4.26. The first-order chi connectivity index (χ1) is 10.2. The highest BCUT2D eigenvalue weighted by Gasteiger charge is 2.12. The van der Waals surface area contributed by atoms with Crippen LogP contribution in [0.15, 0.2) is 72.5 Å². The Morgan fingerprint density at radius 2 is 1.81 bits per heavy atom. The van der Waals surface area contributed by atoms with E-state index in [1.807, 2.05) is 37.3 Å². The molecule has 0 aliphatic rings. The van der Waals surface area contributed by atoms with Crippen molar-refractivity contribution in [2.24, 2.45) is 0 Å². The van der Waals surface area contributed by atoms with Crippen LogP contribution in [0.3, 0.4) is 0 Å². The minimum absolute atomic E-state index is 0.130. The van der Waals surface area contributed by atoms with Crippen molar-refractivity contribution in [3.05, 3.63) is 83.6 Å². The molecule has 0 aliphatic heterocycles. The first-order valence-electron chi connectivity index (χ1n) is 7.02. The summed E-state index contributed by atoms with van der Waals surface area (Å²) in [6.07, 6.45) is 0. The lowest BCUT2D eigenvalue weighted by atomic mass is 10.00. The second kappa shape index (κ2) is 7.49. The lowest BCUT2D eigenvalue weighted by Gasteiger charge is -2.19. The maximum absolute atomic E-state index is 5.18. The van der Waals surface area contributed by atoms with Crippen LogP contribution in [0.1, 0.15) is 24.1 Å². The third kappa shape index (κ3) is 4.09. The Labute approximate surface area is 126 Å². The summed E-state index contributed by atoms with van der Waals surface area (Å²) < 4.78 is 5.18. The van der Waals surface area contributed by atoms with E-state index in [0.717, 1.165) is 17.9 Å². The van der Waals surface area contributed by atoms with Gasteiger partial charge in [-0.05, 0) is 35.8 Å². The van der Waals surface area contributed by atoms with Gasteiger partial charge in [0.15, 0.2) is 0 Å². The van der Waals surface area contributed by atoms with Gasteiger partial charge >= 0.3 is 0 Å². The average molecular weight is 279 g/mol. The van der Waals surface area contributed by atoms with Crippen LogP contribution in [-0.2, 0) is 6.54 Å². The summed E-state index contributed by atoms with van der Waals surface area (Å²) in [6, 6.07) is 18.6. The standard InChI is InChI=1S/C19H21NO/c1-4-15(2)19(17-8-6-5-7-9-17)20-14-16-10-12-18(21-3)13-11-16/h5-13,19-20H,1,14H2,2-3H3. The summed E-state index contributed by atoms with van der Waals surface area (Å²) in [5.41, 5.74) is 6.53. The molecule has 0 aliphatic carbocycles. The van der Waals surface area contributed by atoms with Crippen molar-refractivity contribution in [2.45, 2.75) is 19.5 Å². The Morgan fingerprint density at radius 1 is 1.14 bits per heavy atom. The quantitative estimate of drug-likeness (QED) is 0.798. The summed E-state index contributed by atoms with van der Waals surface area (Å²) in [6.45, 7) is 6.59. The van der Waals surface area contributed by atoms with Gasteiger partial charge in [0, 0.05) is 6.54 Å². The molecule has 0 aromatic heterocycles. The van der Waals surface area contributed by atoms with E-state index in [1.165, 1.54) is 11.1 Å². The molecule has 0 bridgehead atoms. The van der Waals surface area contributed by atoms with Gasteiger partial charge in [-0.15, -0.1) is 5.73 Å². The molecule has 2 aromatic rings. The van der Waals surface area contributed by atoms with Crippen molar-refractivity contribution in [3.8, 4) is 5.75 Å². The molecule has 1 unspecified atom stereocenters. The molecule has 1 atom stereocenters. The summed E-state index contributed by atoms with van der Waals surface area (Å²) in [7, 11) is 1.68. The third-order valence-electron chi connectivity index (χ3n) is 3.51. The van der Waals surface area contributed by atoms with Gasteiger partial charge in [-0.1, -0.05) is 49.0 Å². The van der Waals surface area contributed by atoms with E-state index in [0.29, 0.717) is 0 Å². The van der Waals surface area contributed by atoms with Crippen molar-refractivity contribution >= 4 is 0 Å². The Bertz CT molecular complexity index is 610. The molecule has 0 saturated carbocycles. The van der Waals surface area contributed by atoms with Crippen LogP contribution in [-0.4, -0.2) is 7.11 Å². The van der Waals surface area contributed by atoms with Crippen molar-refractivity contribution in [3.63, 3.8) is 0 Å². The molecule has 0 heterocycles. The normalized spacial score (nSPS) is 11.5. The first-order valence-corrected chi connectivity index (χ1v) is 7.02. The van der Waals surface area contributed by atoms with E-state index in [4.69, 9.17) is 4.74 Å². The molecule has 2 nitrogen and oxygen atoms in total. The molecule has 21 heavy (non-hydrogen) atoms. The Morgan fingerprint density at radius 3 is 2.38 bits per heavy atom. The van der Waals surface area contributed by atoms with E-state index in [1.54, 1.807) is 7.11 Å². The zero-order valence-electron chi connectivity index (χ0n) is 12.6. The van der Waals surface area contributed by atoms with Crippen LogP contribution in [0.4, 0.5) is 0 Å². The van der Waals surface area contributed by atoms with E-state index >= 15 is 0 Å². The second-order valence-electron chi connectivity index (χ2n) is 4.93. The monoisotopic (exact) mass is 279 g/mol. The fourth-order valence-electron chi connectivity index (χ4n) is 2.23. The van der Waals surface area contributed by atoms with Crippen LogP contribution in [0.25, 0.3) is 0 Å². The number of hydrogen-bond donors (Lipinski definition) is 1. The number of ether oxygens (including phenoxy) is 1. The predicted molar refractivity (Wildman–Crippen MR) is 87.3 cm³/mol. The van der Waals surface area contributed by atoms with Crippen LogP contribution >= 0.6 is 0 Å². The van der Waals surface area contributed by atoms with Gasteiger partial charge < -0.3 is 10.1 Å². The minimum atomic E-state index is 0.130. The maximum atomic E-state index is 5.18. The van der Waals surface area contributed by atoms with Gasteiger partial charge in [0.05, 0.1) is 13.2 Å². The molecule has 0 amide bonds. The van der Waals surface area contributed by atoms with E-state index < -0.39 is 0 Å². The van der Waals surface area contributed by atoms with Gasteiger partial charge in [-0.25, -0.2) is 0 Å². The number of benzene rings is 2. The summed E-state index contributed by atoms with van der Waals surface area (Å²) in [5, 5.41) is 3.56. The second-order valence-corrected chi connectivity index (χ2v) is 4.93. The highest BCUT2D eigenvalue weighted by molar-refractivity contribution is 5.29. The van der Waals surface area contributed by atoms with Crippen molar-refractivity contribution in [2.75, 3.05) is 7.11 Å². The molecule has 108 valence electrons. The largest absolute Gasteiger partial charge is 0.497 e. The van der Waals surface area contributed by atoms with Crippen LogP contribution in [0, 0.1) is 0 Å². The summed E-state index contributed by atoms with van der Waals surface area (Å²) in [4.78, 5) is 0. The van der Waals surface area contributed by atoms with Crippen LogP contribution < -0.4 is 10.1 Å². The zero-order valence-corrected chi connectivity index (χ0v) is 12.6. The van der Waals surface area contributed by atoms with E-state index in [2.05, 4.69) is 41.9 Å². The fourth-order valence-corrected chi connectivity index (χ4v) is 2.23. The van der Waals surface area contributed by atoms with Gasteiger partial charge in [-0.2, -0.15) is 0 Å². The Balaban J connectivity index is 2.10. The first kappa shape index (κ1) is 15.1. The average Bonchev–Trinajstić information content (AvgIpc) is 2.56. The topological polar surface area (TPSA) is 21.3 Å². The lowest BCUT2D eigenvalue weighted by molar-refractivity contribution is 0.414. The molecule has 0 fully saturated rings. The number of methoxy groups -OCH3 is 1. The highest BCUT2D eigenvalue weighted by Crippen LogP contribution is 2.21. The SMILES string of the molecule is C=C=C(C)C(NCc1ccc(OC)cc1)c1ccccc1. The molecule has 0 saturated heterocycles. The molecule has 0 radical (unpaired) electrons. The van der Waals surface area contributed by atoms with Crippen molar-refractivity contribution < 1.29 is 4.74 Å². The lowest BCUT2D eigenvalue weighted by Crippen LogP contribution is -2.21. The summed E-state index contributed by atoms with van der Waals surface area (Å²) >= 11 is 0. The Hall–Kier alpha value is -2.28. The van der Waals surface area contributed by atoms with Crippen LogP contribution in [0.5, 0.6) is 5.75 Å². The molecule has 0 spiro atoms. The smallest absolute Gasteiger partial charge is 0.118 e. The highest BCUT2D eigenvalue weighted by atomic mass is 16.5. The van der Waals surface area contributed by atoms with Gasteiger partial charge in [-0.3, -0.25) is 0 Å². The molecule has 1 N–H and O–H groups in total. The Kier molecular flexibility index (Phi) is 5.39. The van der Waals surface area contributed by atoms with E-state index in [-0.39, 0.29) is 6.04 Å². The molecule has 2 heteroatoms. The van der Waals surface area contributed by atoms with Crippen molar-refractivity contribution in [1.82, 2.24) is 5.32 Å². The van der Waals surface area contributed by atoms with Crippen LogP contribution in [0.2, 0.25) is 0 Å². The summed E-state index contributed by atoms with van der Waals surface area (Å²) in [5.74, 6) is 0.875. The minimum Gasteiger partial charge on any atom is -0.497 e. The number of nitrogens with one attached hydrogen (secondary N) is 1. The molecule has 2 aromatic carbocycles. The zero-order chi connectivity index (χ0) is 15.1. The fraction of sp³-hybridized carbons (Fsp3) is 0.211. The van der Waals surface area contributed by atoms with Gasteiger partial charge in [0.1, 0.15) is 5.75 Å². The molecular formula is C19H21NO. The number of hydrogen-bond acceptors (Lipinski definition) is 2. The molecule has 2 rings (SSSR count). The number of rotatable bonds is 6. The van der Waals surface area contributed by atoms with Crippen molar-refractivity contribution in [1.29, 1.82) is 0 Å². The van der Waals surface area contributed by atoms with Gasteiger partial charge in [0.25, 0.3) is 0 Å². The van der Waals surface area contributed by atoms with Gasteiger partial charge in [0.2, 0.25) is 0 Å². The van der Waals surface area contributed by atoms with E-state index in [9.17, 15) is 0 Å². The molecular weight excluding hydrogens is 258 g/mol. The third-order valence-corrected chi connectivity index (χ3v) is 3.51.